The summed E-state index contributed by atoms with van der Waals surface area (Å²) in [5, 5.41) is 7.22. The quantitative estimate of drug-likeness (QED) is 0.843. The molecule has 0 radical (unpaired) electrons. The Bertz CT molecular complexity index is 537. The zero-order chi connectivity index (χ0) is 12.6. The number of thiophene rings is 1. The molecular formula is C16H21NS. The Morgan fingerprint density at radius 1 is 1.28 bits per heavy atom. The van der Waals surface area contributed by atoms with Crippen LogP contribution in [-0.4, -0.2) is 12.6 Å². The van der Waals surface area contributed by atoms with E-state index in [4.69, 9.17) is 0 Å². The van der Waals surface area contributed by atoms with E-state index in [1.165, 1.54) is 34.9 Å². The van der Waals surface area contributed by atoms with Crippen molar-refractivity contribution >= 4 is 21.4 Å². The van der Waals surface area contributed by atoms with Crippen molar-refractivity contribution in [2.24, 2.45) is 0 Å². The van der Waals surface area contributed by atoms with Gasteiger partial charge < -0.3 is 5.32 Å². The molecule has 3 rings (SSSR count). The lowest BCUT2D eigenvalue weighted by Gasteiger charge is -2.26. The molecule has 1 aromatic heterocycles. The molecule has 2 heteroatoms. The minimum Gasteiger partial charge on any atom is -0.314 e. The number of hydrogen-bond acceptors (Lipinski definition) is 2. The lowest BCUT2D eigenvalue weighted by atomic mass is 9.81. The maximum atomic E-state index is 3.63. The summed E-state index contributed by atoms with van der Waals surface area (Å²) in [5.74, 6) is 0. The lowest BCUT2D eigenvalue weighted by Crippen LogP contribution is -2.26. The van der Waals surface area contributed by atoms with E-state index in [1.54, 1.807) is 0 Å². The Hall–Kier alpha value is -0.860. The fourth-order valence-corrected chi connectivity index (χ4v) is 3.63. The van der Waals surface area contributed by atoms with Gasteiger partial charge in [-0.1, -0.05) is 32.0 Å². The van der Waals surface area contributed by atoms with E-state index in [9.17, 15) is 0 Å². The number of rotatable bonds is 5. The van der Waals surface area contributed by atoms with E-state index >= 15 is 0 Å². The van der Waals surface area contributed by atoms with E-state index in [0.29, 0.717) is 0 Å². The van der Waals surface area contributed by atoms with Gasteiger partial charge in [-0.3, -0.25) is 0 Å². The van der Waals surface area contributed by atoms with Crippen LogP contribution in [0.5, 0.6) is 0 Å². The van der Waals surface area contributed by atoms with Crippen LogP contribution in [0, 0.1) is 0 Å². The summed E-state index contributed by atoms with van der Waals surface area (Å²) in [6, 6.07) is 9.75. The first kappa shape index (κ1) is 12.2. The largest absolute Gasteiger partial charge is 0.314 e. The van der Waals surface area contributed by atoms with E-state index in [2.05, 4.69) is 48.8 Å². The first-order valence-corrected chi connectivity index (χ1v) is 7.75. The number of fused-ring (bicyclic) bond motifs is 1. The molecule has 1 N–H and O–H groups in total. The molecule has 1 aliphatic carbocycles. The van der Waals surface area contributed by atoms with Gasteiger partial charge in [0.15, 0.2) is 0 Å². The van der Waals surface area contributed by atoms with Crippen LogP contribution >= 0.6 is 11.3 Å². The predicted molar refractivity (Wildman–Crippen MR) is 80.5 cm³/mol. The molecule has 0 atom stereocenters. The third-order valence-corrected chi connectivity index (χ3v) is 4.93. The zero-order valence-corrected chi connectivity index (χ0v) is 12.0. The van der Waals surface area contributed by atoms with E-state index in [1.807, 2.05) is 11.3 Å². The maximum Gasteiger partial charge on any atom is 0.0380 e. The third-order valence-electron chi connectivity index (χ3n) is 3.97. The fourth-order valence-electron chi connectivity index (χ4n) is 2.54. The lowest BCUT2D eigenvalue weighted by molar-refractivity contribution is 0.459. The first-order chi connectivity index (χ1) is 8.67. The highest BCUT2D eigenvalue weighted by atomic mass is 32.1. The van der Waals surface area contributed by atoms with Crippen LogP contribution in [-0.2, 0) is 5.41 Å². The molecule has 0 aliphatic heterocycles. The molecule has 1 aliphatic rings. The monoisotopic (exact) mass is 259 g/mol. The van der Waals surface area contributed by atoms with Crippen LogP contribution in [0.1, 0.15) is 38.7 Å². The molecule has 2 aromatic rings. The SMILES string of the molecule is CC(C)(CCNC1CC1)c1cccc2ccsc12. The van der Waals surface area contributed by atoms with Crippen molar-refractivity contribution in [2.75, 3.05) is 6.54 Å². The average Bonchev–Trinajstić information content (AvgIpc) is 3.04. The van der Waals surface area contributed by atoms with Gasteiger partial charge in [0.05, 0.1) is 0 Å². The van der Waals surface area contributed by atoms with E-state index < -0.39 is 0 Å². The summed E-state index contributed by atoms with van der Waals surface area (Å²) >= 11 is 1.87. The van der Waals surface area contributed by atoms with Crippen molar-refractivity contribution in [2.45, 2.75) is 44.6 Å². The molecule has 18 heavy (non-hydrogen) atoms. The second-order valence-corrected chi connectivity index (χ2v) is 6.92. The van der Waals surface area contributed by atoms with Gasteiger partial charge in [-0.2, -0.15) is 0 Å². The summed E-state index contributed by atoms with van der Waals surface area (Å²) in [6.45, 7) is 5.88. The molecule has 96 valence electrons. The highest BCUT2D eigenvalue weighted by molar-refractivity contribution is 7.17. The van der Waals surface area contributed by atoms with Gasteiger partial charge in [-0.15, -0.1) is 11.3 Å². The Morgan fingerprint density at radius 3 is 2.89 bits per heavy atom. The molecule has 0 spiro atoms. The van der Waals surface area contributed by atoms with Crippen molar-refractivity contribution in [1.82, 2.24) is 5.32 Å². The van der Waals surface area contributed by atoms with Crippen molar-refractivity contribution in [3.05, 3.63) is 35.2 Å². The molecule has 0 unspecified atom stereocenters. The van der Waals surface area contributed by atoms with Gasteiger partial charge in [-0.05, 0) is 53.6 Å². The highest BCUT2D eigenvalue weighted by Gasteiger charge is 2.25. The number of nitrogens with one attached hydrogen (secondary N) is 1. The summed E-state index contributed by atoms with van der Waals surface area (Å²) in [7, 11) is 0. The van der Waals surface area contributed by atoms with Crippen LogP contribution < -0.4 is 5.32 Å². The summed E-state index contributed by atoms with van der Waals surface area (Å²) in [4.78, 5) is 0. The van der Waals surface area contributed by atoms with Crippen molar-refractivity contribution in [3.8, 4) is 0 Å². The van der Waals surface area contributed by atoms with Crippen molar-refractivity contribution in [3.63, 3.8) is 0 Å². The first-order valence-electron chi connectivity index (χ1n) is 6.87. The molecule has 0 bridgehead atoms. The van der Waals surface area contributed by atoms with Crippen LogP contribution in [0.15, 0.2) is 29.6 Å². The van der Waals surface area contributed by atoms with Gasteiger partial charge in [0.25, 0.3) is 0 Å². The van der Waals surface area contributed by atoms with Gasteiger partial charge in [-0.25, -0.2) is 0 Å². The maximum absolute atomic E-state index is 3.63. The smallest absolute Gasteiger partial charge is 0.0380 e. The van der Waals surface area contributed by atoms with Crippen molar-refractivity contribution in [1.29, 1.82) is 0 Å². The van der Waals surface area contributed by atoms with E-state index in [-0.39, 0.29) is 5.41 Å². The van der Waals surface area contributed by atoms with E-state index in [0.717, 1.165) is 12.6 Å². The standard InChI is InChI=1S/C16H21NS/c1-16(2,9-10-17-13-6-7-13)14-5-3-4-12-8-11-18-15(12)14/h3-5,8,11,13,17H,6-7,9-10H2,1-2H3. The molecule has 1 fully saturated rings. The van der Waals surface area contributed by atoms with Crippen LogP contribution in [0.4, 0.5) is 0 Å². The Balaban J connectivity index is 1.79. The molecule has 1 saturated carbocycles. The third kappa shape index (κ3) is 2.45. The fraction of sp³-hybridized carbons (Fsp3) is 0.500. The molecule has 0 saturated heterocycles. The second kappa shape index (κ2) is 4.67. The average molecular weight is 259 g/mol. The molecular weight excluding hydrogens is 238 g/mol. The number of hydrogen-bond donors (Lipinski definition) is 1. The molecule has 1 nitrogen and oxygen atoms in total. The molecule has 0 amide bonds. The Labute approximate surface area is 113 Å². The second-order valence-electron chi connectivity index (χ2n) is 6.01. The van der Waals surface area contributed by atoms with Gasteiger partial charge in [0, 0.05) is 10.7 Å². The Kier molecular flexibility index (Phi) is 3.16. The summed E-state index contributed by atoms with van der Waals surface area (Å²) in [5.41, 5.74) is 1.76. The zero-order valence-electron chi connectivity index (χ0n) is 11.2. The minimum atomic E-state index is 0.256. The summed E-state index contributed by atoms with van der Waals surface area (Å²) in [6.07, 6.45) is 3.96. The van der Waals surface area contributed by atoms with Gasteiger partial charge in [0.2, 0.25) is 0 Å². The minimum absolute atomic E-state index is 0.256. The van der Waals surface area contributed by atoms with Gasteiger partial charge >= 0.3 is 0 Å². The summed E-state index contributed by atoms with van der Waals surface area (Å²) < 4.78 is 1.47. The number of benzene rings is 1. The topological polar surface area (TPSA) is 12.0 Å². The van der Waals surface area contributed by atoms with Crippen molar-refractivity contribution < 1.29 is 0 Å². The van der Waals surface area contributed by atoms with Crippen LogP contribution in [0.3, 0.4) is 0 Å². The predicted octanol–water partition coefficient (Wildman–Crippen LogP) is 4.32. The molecule has 1 heterocycles. The van der Waals surface area contributed by atoms with Crippen LogP contribution in [0.25, 0.3) is 10.1 Å². The highest BCUT2D eigenvalue weighted by Crippen LogP contribution is 2.35. The Morgan fingerprint density at radius 2 is 2.11 bits per heavy atom. The van der Waals surface area contributed by atoms with Crippen LogP contribution in [0.2, 0.25) is 0 Å². The molecule has 1 aromatic carbocycles. The normalized spacial score (nSPS) is 16.3. The van der Waals surface area contributed by atoms with Gasteiger partial charge in [0.1, 0.15) is 0 Å².